The molecule has 5 heteroatoms. The van der Waals surface area contributed by atoms with Crippen molar-refractivity contribution < 1.29 is 14.4 Å². The van der Waals surface area contributed by atoms with Crippen LogP contribution in [-0.2, 0) is 20.5 Å². The molecule has 0 aliphatic rings. The molecule has 19 heavy (non-hydrogen) atoms. The summed E-state index contributed by atoms with van der Waals surface area (Å²) in [5.74, 6) is 2.27. The van der Waals surface area contributed by atoms with Crippen molar-refractivity contribution in [3.8, 4) is 5.75 Å². The fourth-order valence-electron chi connectivity index (χ4n) is 1.40. The van der Waals surface area contributed by atoms with E-state index in [0.29, 0.717) is 0 Å². The van der Waals surface area contributed by atoms with Crippen molar-refractivity contribution in [1.29, 1.82) is 0 Å². The molecule has 0 saturated carbocycles. The van der Waals surface area contributed by atoms with Crippen LogP contribution in [0.25, 0.3) is 0 Å². The van der Waals surface area contributed by atoms with Crippen LogP contribution in [0.4, 0.5) is 0 Å². The van der Waals surface area contributed by atoms with Crippen LogP contribution in [0.15, 0.2) is 29.4 Å². The number of hydrogen-bond donors (Lipinski definition) is 0. The van der Waals surface area contributed by atoms with Gasteiger partial charge in [0.2, 0.25) is 0 Å². The molecule has 104 valence electrons. The molecule has 0 aromatic heterocycles. The average molecular weight is 282 g/mol. The minimum Gasteiger partial charge on any atom is -0.497 e. The second-order valence-corrected chi connectivity index (χ2v) is 6.49. The zero-order chi connectivity index (χ0) is 14.3. The molecular formula is C14H20NO3S+. The summed E-state index contributed by atoms with van der Waals surface area (Å²) in [5.41, 5.74) is 1.75. The highest BCUT2D eigenvalue weighted by Crippen LogP contribution is 2.13. The van der Waals surface area contributed by atoms with Crippen LogP contribution in [0.2, 0.25) is 0 Å². The van der Waals surface area contributed by atoms with Gasteiger partial charge in [-0.2, -0.15) is 0 Å². The zero-order valence-corrected chi connectivity index (χ0v) is 12.6. The van der Waals surface area contributed by atoms with E-state index in [4.69, 9.17) is 9.57 Å². The second kappa shape index (κ2) is 7.84. The van der Waals surface area contributed by atoms with E-state index in [1.54, 1.807) is 7.11 Å². The van der Waals surface area contributed by atoms with Gasteiger partial charge in [0, 0.05) is 12.5 Å². The first-order valence-electron chi connectivity index (χ1n) is 6.04. The predicted octanol–water partition coefficient (Wildman–Crippen LogP) is 2.23. The lowest BCUT2D eigenvalue weighted by molar-refractivity contribution is -0.140. The Morgan fingerprint density at radius 1 is 1.32 bits per heavy atom. The second-order valence-electron chi connectivity index (χ2n) is 4.06. The highest BCUT2D eigenvalue weighted by Gasteiger charge is 2.16. The number of benzene rings is 1. The number of oxime groups is 1. The maximum absolute atomic E-state index is 10.9. The van der Waals surface area contributed by atoms with E-state index >= 15 is 0 Å². The van der Waals surface area contributed by atoms with Gasteiger partial charge in [-0.15, -0.1) is 0 Å². The SMILES string of the molecule is CC[S+](C)CC(=NOC(C)=O)c1ccc(OC)cc1. The van der Waals surface area contributed by atoms with E-state index < -0.39 is 5.97 Å². The van der Waals surface area contributed by atoms with E-state index in [2.05, 4.69) is 18.3 Å². The topological polar surface area (TPSA) is 47.9 Å². The summed E-state index contributed by atoms with van der Waals surface area (Å²) in [4.78, 5) is 15.7. The van der Waals surface area contributed by atoms with Crippen LogP contribution in [-0.4, -0.2) is 36.6 Å². The van der Waals surface area contributed by atoms with Crippen molar-refractivity contribution in [1.82, 2.24) is 0 Å². The Balaban J connectivity index is 2.93. The first kappa shape index (κ1) is 15.6. The van der Waals surface area contributed by atoms with Crippen LogP contribution in [0.5, 0.6) is 5.75 Å². The number of ether oxygens (including phenoxy) is 1. The number of rotatable bonds is 6. The Bertz CT molecular complexity index is 443. The number of hydrogen-bond acceptors (Lipinski definition) is 4. The quantitative estimate of drug-likeness (QED) is 0.348. The summed E-state index contributed by atoms with van der Waals surface area (Å²) < 4.78 is 5.13. The monoisotopic (exact) mass is 282 g/mol. The zero-order valence-electron chi connectivity index (χ0n) is 11.8. The smallest absolute Gasteiger partial charge is 0.331 e. The number of methoxy groups -OCH3 is 1. The van der Waals surface area contributed by atoms with E-state index in [9.17, 15) is 4.79 Å². The van der Waals surface area contributed by atoms with Gasteiger partial charge in [-0.05, 0) is 42.1 Å². The van der Waals surface area contributed by atoms with E-state index in [1.807, 2.05) is 24.3 Å². The Morgan fingerprint density at radius 3 is 2.42 bits per heavy atom. The summed E-state index contributed by atoms with van der Waals surface area (Å²) in [5, 5.41) is 3.97. The Hall–Kier alpha value is -1.49. The third-order valence-corrected chi connectivity index (χ3v) is 4.34. The molecule has 1 unspecified atom stereocenters. The molecule has 1 aromatic rings. The Kier molecular flexibility index (Phi) is 6.42. The van der Waals surface area contributed by atoms with Gasteiger partial charge in [0.25, 0.3) is 0 Å². The molecule has 0 aliphatic heterocycles. The van der Waals surface area contributed by atoms with E-state index in [-0.39, 0.29) is 10.9 Å². The molecule has 1 aromatic carbocycles. The van der Waals surface area contributed by atoms with Crippen molar-refractivity contribution in [2.45, 2.75) is 13.8 Å². The van der Waals surface area contributed by atoms with Crippen LogP contribution >= 0.6 is 0 Å². The fourth-order valence-corrected chi connectivity index (χ4v) is 2.29. The lowest BCUT2D eigenvalue weighted by Crippen LogP contribution is -2.18. The summed E-state index contributed by atoms with van der Waals surface area (Å²) in [6.07, 6.45) is 2.17. The highest BCUT2D eigenvalue weighted by atomic mass is 32.2. The summed E-state index contributed by atoms with van der Waals surface area (Å²) in [6, 6.07) is 7.60. The lowest BCUT2D eigenvalue weighted by atomic mass is 10.1. The van der Waals surface area contributed by atoms with Crippen molar-refractivity contribution in [3.05, 3.63) is 29.8 Å². The largest absolute Gasteiger partial charge is 0.497 e. The van der Waals surface area contributed by atoms with Gasteiger partial charge < -0.3 is 9.57 Å². The fraction of sp³-hybridized carbons (Fsp3) is 0.429. The summed E-state index contributed by atoms with van der Waals surface area (Å²) >= 11 is 0. The third-order valence-electron chi connectivity index (χ3n) is 2.58. The van der Waals surface area contributed by atoms with Crippen LogP contribution in [0.1, 0.15) is 19.4 Å². The Labute approximate surface area is 117 Å². The molecule has 1 atom stereocenters. The van der Waals surface area contributed by atoms with Gasteiger partial charge in [0.1, 0.15) is 17.2 Å². The van der Waals surface area contributed by atoms with Gasteiger partial charge >= 0.3 is 5.97 Å². The lowest BCUT2D eigenvalue weighted by Gasteiger charge is -2.06. The normalized spacial score (nSPS) is 12.9. The molecule has 0 fully saturated rings. The molecular weight excluding hydrogens is 262 g/mol. The predicted molar refractivity (Wildman–Crippen MR) is 80.0 cm³/mol. The molecule has 1 rings (SSSR count). The molecule has 0 spiro atoms. The maximum atomic E-state index is 10.9. The number of nitrogens with zero attached hydrogens (tertiary/aromatic N) is 1. The molecule has 0 heterocycles. The molecule has 4 nitrogen and oxygen atoms in total. The molecule has 0 N–H and O–H groups in total. The average Bonchev–Trinajstić information content (AvgIpc) is 2.43. The van der Waals surface area contributed by atoms with Gasteiger partial charge in [-0.25, -0.2) is 4.79 Å². The van der Waals surface area contributed by atoms with Crippen molar-refractivity contribution in [2.24, 2.45) is 5.16 Å². The Morgan fingerprint density at radius 2 is 1.95 bits per heavy atom. The van der Waals surface area contributed by atoms with Crippen LogP contribution < -0.4 is 4.74 Å². The standard InChI is InChI=1S/C14H20NO3S/c1-5-19(4)10-14(15-18-11(2)16)12-6-8-13(17-3)9-7-12/h6-9H,5,10H2,1-4H3/q+1. The molecule has 0 amide bonds. The summed E-state index contributed by atoms with van der Waals surface area (Å²) in [7, 11) is 1.85. The van der Waals surface area contributed by atoms with Crippen molar-refractivity contribution >= 4 is 22.6 Å². The molecule has 0 aliphatic carbocycles. The number of carbonyl (C=O) groups excluding carboxylic acids is 1. The van der Waals surface area contributed by atoms with E-state index in [0.717, 1.165) is 28.5 Å². The number of carbonyl (C=O) groups is 1. The van der Waals surface area contributed by atoms with Gasteiger partial charge in [0.15, 0.2) is 5.75 Å². The highest BCUT2D eigenvalue weighted by molar-refractivity contribution is 7.96. The van der Waals surface area contributed by atoms with Crippen molar-refractivity contribution in [2.75, 3.05) is 24.9 Å². The first-order valence-corrected chi connectivity index (χ1v) is 8.02. The molecule has 0 bridgehead atoms. The molecule has 0 radical (unpaired) electrons. The van der Waals surface area contributed by atoms with Gasteiger partial charge in [-0.1, -0.05) is 5.16 Å². The van der Waals surface area contributed by atoms with Crippen LogP contribution in [0, 0.1) is 0 Å². The minimum atomic E-state index is -0.404. The summed E-state index contributed by atoms with van der Waals surface area (Å²) in [6.45, 7) is 3.49. The first-order chi connectivity index (χ1) is 9.06. The van der Waals surface area contributed by atoms with Gasteiger partial charge in [-0.3, -0.25) is 0 Å². The van der Waals surface area contributed by atoms with Gasteiger partial charge in [0.05, 0.1) is 13.4 Å². The molecule has 0 saturated heterocycles. The maximum Gasteiger partial charge on any atom is 0.331 e. The minimum absolute atomic E-state index is 0.217. The van der Waals surface area contributed by atoms with Crippen LogP contribution in [0.3, 0.4) is 0 Å². The van der Waals surface area contributed by atoms with Crippen molar-refractivity contribution in [3.63, 3.8) is 0 Å². The van der Waals surface area contributed by atoms with E-state index in [1.165, 1.54) is 6.92 Å². The third kappa shape index (κ3) is 5.34.